The van der Waals surface area contributed by atoms with E-state index in [4.69, 9.17) is 9.84 Å². The van der Waals surface area contributed by atoms with E-state index in [1.807, 2.05) is 0 Å². The summed E-state index contributed by atoms with van der Waals surface area (Å²) in [6.45, 7) is 0.565. The number of ketones is 2. The summed E-state index contributed by atoms with van der Waals surface area (Å²) in [6, 6.07) is 6.42. The van der Waals surface area contributed by atoms with Gasteiger partial charge in [-0.3, -0.25) is 9.59 Å². The van der Waals surface area contributed by atoms with Gasteiger partial charge >= 0.3 is 5.97 Å². The van der Waals surface area contributed by atoms with E-state index in [-0.39, 0.29) is 17.8 Å². The van der Waals surface area contributed by atoms with Crippen molar-refractivity contribution in [2.24, 2.45) is 0 Å². The molecule has 1 N–H and O–H groups in total. The van der Waals surface area contributed by atoms with Gasteiger partial charge in [0.25, 0.3) is 0 Å². The number of carbonyl (C=O) groups is 3. The fourth-order valence-electron chi connectivity index (χ4n) is 2.06. The Kier molecular flexibility index (Phi) is 3.00. The summed E-state index contributed by atoms with van der Waals surface area (Å²) >= 11 is 0. The van der Waals surface area contributed by atoms with Gasteiger partial charge in [0.2, 0.25) is 5.78 Å². The fraction of sp³-hybridized carbons (Fsp3) is 0.308. The van der Waals surface area contributed by atoms with E-state index in [2.05, 4.69) is 0 Å². The number of rotatable bonds is 2. The van der Waals surface area contributed by atoms with Crippen LogP contribution < -0.4 is 0 Å². The van der Waals surface area contributed by atoms with Crippen molar-refractivity contribution >= 4 is 17.5 Å². The van der Waals surface area contributed by atoms with Crippen molar-refractivity contribution in [3.63, 3.8) is 0 Å². The van der Waals surface area contributed by atoms with Crippen LogP contribution in [0.5, 0.6) is 0 Å². The Morgan fingerprint density at radius 1 is 1.33 bits per heavy atom. The lowest BCUT2D eigenvalue weighted by Crippen LogP contribution is -2.46. The molecular weight excluding hydrogens is 236 g/mol. The molecule has 1 aromatic carbocycles. The van der Waals surface area contributed by atoms with E-state index in [0.29, 0.717) is 5.56 Å². The van der Waals surface area contributed by atoms with Crippen molar-refractivity contribution in [2.45, 2.75) is 18.9 Å². The monoisotopic (exact) mass is 248 g/mol. The second-order valence-corrected chi connectivity index (χ2v) is 4.34. The van der Waals surface area contributed by atoms with E-state index in [0.717, 1.165) is 0 Å². The average Bonchev–Trinajstić information content (AvgIpc) is 2.36. The van der Waals surface area contributed by atoms with Crippen LogP contribution in [-0.4, -0.2) is 34.9 Å². The van der Waals surface area contributed by atoms with Crippen molar-refractivity contribution in [1.82, 2.24) is 0 Å². The molecule has 18 heavy (non-hydrogen) atoms. The molecule has 94 valence electrons. The molecule has 2 rings (SSSR count). The third-order valence-electron chi connectivity index (χ3n) is 2.92. The number of hydrogen-bond acceptors (Lipinski definition) is 5. The Hall–Kier alpha value is -2.01. The summed E-state index contributed by atoms with van der Waals surface area (Å²) in [5.41, 5.74) is -0.923. The molecule has 0 heterocycles. The third-order valence-corrected chi connectivity index (χ3v) is 2.92. The molecule has 5 nitrogen and oxygen atoms in total. The first-order valence-corrected chi connectivity index (χ1v) is 5.47. The minimum Gasteiger partial charge on any atom is -0.449 e. The minimum absolute atomic E-state index is 0.200. The maximum Gasteiger partial charge on any atom is 0.332 e. The fourth-order valence-corrected chi connectivity index (χ4v) is 2.06. The Labute approximate surface area is 103 Å². The van der Waals surface area contributed by atoms with Crippen molar-refractivity contribution in [3.05, 3.63) is 35.4 Å². The van der Waals surface area contributed by atoms with Gasteiger partial charge in [-0.1, -0.05) is 24.3 Å². The molecule has 0 saturated carbocycles. The lowest BCUT2D eigenvalue weighted by molar-refractivity contribution is -0.157. The SMILES string of the molecule is CC1(OC(=O)CO)CC(=O)c2ccccc2C1=O. The quantitative estimate of drug-likeness (QED) is 0.781. The van der Waals surface area contributed by atoms with Crippen molar-refractivity contribution in [2.75, 3.05) is 6.61 Å². The zero-order chi connectivity index (χ0) is 13.3. The summed E-state index contributed by atoms with van der Waals surface area (Å²) in [5, 5.41) is 8.66. The molecule has 0 aromatic heterocycles. The van der Waals surface area contributed by atoms with E-state index < -0.39 is 24.0 Å². The summed E-state index contributed by atoms with van der Waals surface area (Å²) < 4.78 is 4.91. The number of aliphatic hydroxyl groups excluding tert-OH is 1. The number of aliphatic hydroxyl groups is 1. The van der Waals surface area contributed by atoms with E-state index >= 15 is 0 Å². The lowest BCUT2D eigenvalue weighted by Gasteiger charge is -2.31. The van der Waals surface area contributed by atoms with Gasteiger partial charge in [0.1, 0.15) is 6.61 Å². The second kappa shape index (κ2) is 4.34. The zero-order valence-electron chi connectivity index (χ0n) is 9.80. The molecule has 1 unspecified atom stereocenters. The van der Waals surface area contributed by atoms with Crippen molar-refractivity contribution < 1.29 is 24.2 Å². The molecule has 0 amide bonds. The number of Topliss-reactive ketones (excluding diaryl/α,β-unsaturated/α-hetero) is 2. The molecule has 1 aromatic rings. The van der Waals surface area contributed by atoms with Gasteiger partial charge in [0.15, 0.2) is 11.4 Å². The Bertz CT molecular complexity index is 534. The van der Waals surface area contributed by atoms with Crippen LogP contribution in [-0.2, 0) is 9.53 Å². The summed E-state index contributed by atoms with van der Waals surface area (Å²) in [4.78, 5) is 35.2. The van der Waals surface area contributed by atoms with Crippen LogP contribution in [0.1, 0.15) is 34.1 Å². The number of ether oxygens (including phenoxy) is 1. The maximum atomic E-state index is 12.2. The van der Waals surface area contributed by atoms with Crippen LogP contribution in [0.4, 0.5) is 0 Å². The summed E-state index contributed by atoms with van der Waals surface area (Å²) in [7, 11) is 0. The van der Waals surface area contributed by atoms with Gasteiger partial charge in [-0.15, -0.1) is 0 Å². The number of fused-ring (bicyclic) bond motifs is 1. The summed E-state index contributed by atoms with van der Waals surface area (Å²) in [5.74, 6) is -1.59. The molecule has 0 aliphatic heterocycles. The lowest BCUT2D eigenvalue weighted by atomic mass is 9.79. The molecular formula is C13H12O5. The topological polar surface area (TPSA) is 80.7 Å². The minimum atomic E-state index is -1.52. The van der Waals surface area contributed by atoms with Crippen molar-refractivity contribution in [1.29, 1.82) is 0 Å². The molecule has 0 radical (unpaired) electrons. The van der Waals surface area contributed by atoms with Crippen LogP contribution in [0.15, 0.2) is 24.3 Å². The van der Waals surface area contributed by atoms with Crippen LogP contribution >= 0.6 is 0 Å². The standard InChI is InChI=1S/C13H12O5/c1-13(18-11(16)7-14)6-10(15)8-4-2-3-5-9(8)12(13)17/h2-5,14H,6-7H2,1H3. The molecule has 5 heteroatoms. The zero-order valence-corrected chi connectivity index (χ0v) is 9.80. The van der Waals surface area contributed by atoms with E-state index in [9.17, 15) is 14.4 Å². The predicted octanol–water partition coefficient (Wildman–Crippen LogP) is 0.750. The van der Waals surface area contributed by atoms with Crippen molar-refractivity contribution in [3.8, 4) is 0 Å². The first-order chi connectivity index (χ1) is 8.48. The Morgan fingerprint density at radius 2 is 1.94 bits per heavy atom. The number of hydrogen-bond donors (Lipinski definition) is 1. The summed E-state index contributed by atoms with van der Waals surface area (Å²) in [6.07, 6.45) is -0.200. The van der Waals surface area contributed by atoms with E-state index in [1.165, 1.54) is 13.0 Å². The molecule has 1 aliphatic rings. The maximum absolute atomic E-state index is 12.2. The van der Waals surface area contributed by atoms with Crippen LogP contribution in [0.2, 0.25) is 0 Å². The van der Waals surface area contributed by atoms with Gasteiger partial charge in [-0.2, -0.15) is 0 Å². The first kappa shape index (κ1) is 12.4. The highest BCUT2D eigenvalue weighted by Crippen LogP contribution is 2.31. The van der Waals surface area contributed by atoms with Gasteiger partial charge in [-0.25, -0.2) is 4.79 Å². The molecule has 0 fully saturated rings. The number of carbonyl (C=O) groups excluding carboxylic acids is 3. The largest absolute Gasteiger partial charge is 0.449 e. The van der Waals surface area contributed by atoms with Crippen LogP contribution in [0.3, 0.4) is 0 Å². The van der Waals surface area contributed by atoms with Crippen LogP contribution in [0, 0.1) is 0 Å². The first-order valence-electron chi connectivity index (χ1n) is 5.47. The number of esters is 1. The Morgan fingerprint density at radius 3 is 2.56 bits per heavy atom. The highest BCUT2D eigenvalue weighted by atomic mass is 16.6. The normalized spacial score (nSPS) is 22.6. The second-order valence-electron chi connectivity index (χ2n) is 4.34. The third kappa shape index (κ3) is 1.93. The molecule has 0 bridgehead atoms. The van der Waals surface area contributed by atoms with Gasteiger partial charge in [0.05, 0.1) is 6.42 Å². The van der Waals surface area contributed by atoms with Gasteiger partial charge in [0, 0.05) is 11.1 Å². The number of benzene rings is 1. The van der Waals surface area contributed by atoms with Gasteiger partial charge in [-0.05, 0) is 6.92 Å². The average molecular weight is 248 g/mol. The van der Waals surface area contributed by atoms with Crippen LogP contribution in [0.25, 0.3) is 0 Å². The smallest absolute Gasteiger partial charge is 0.332 e. The van der Waals surface area contributed by atoms with E-state index in [1.54, 1.807) is 18.2 Å². The Balaban J connectivity index is 2.42. The molecule has 0 saturated heterocycles. The predicted molar refractivity (Wildman–Crippen MR) is 61.3 cm³/mol. The molecule has 1 atom stereocenters. The highest BCUT2D eigenvalue weighted by molar-refractivity contribution is 6.18. The molecule has 1 aliphatic carbocycles. The highest BCUT2D eigenvalue weighted by Gasteiger charge is 2.45. The van der Waals surface area contributed by atoms with Gasteiger partial charge < -0.3 is 9.84 Å². The molecule has 0 spiro atoms.